The fourth-order valence-electron chi connectivity index (χ4n) is 1.55. The summed E-state index contributed by atoms with van der Waals surface area (Å²) in [4.78, 5) is 14.8. The SMILES string of the molecule is CS(=O)(=O)c1cccnc1Oc1cc(C(=O)O)ccc1I. The average molecular weight is 419 g/mol. The molecule has 1 aromatic carbocycles. The van der Waals surface area contributed by atoms with E-state index in [2.05, 4.69) is 4.98 Å². The number of sulfone groups is 1. The fourth-order valence-corrected chi connectivity index (χ4v) is 2.74. The van der Waals surface area contributed by atoms with Crippen LogP contribution in [0.5, 0.6) is 11.6 Å². The Morgan fingerprint density at radius 2 is 2.05 bits per heavy atom. The number of benzene rings is 1. The molecule has 0 atom stereocenters. The van der Waals surface area contributed by atoms with E-state index >= 15 is 0 Å². The van der Waals surface area contributed by atoms with Crippen molar-refractivity contribution in [2.45, 2.75) is 4.90 Å². The highest BCUT2D eigenvalue weighted by Gasteiger charge is 2.17. The van der Waals surface area contributed by atoms with Gasteiger partial charge in [0.2, 0.25) is 5.88 Å². The second-order valence-electron chi connectivity index (χ2n) is 4.13. The van der Waals surface area contributed by atoms with Crippen molar-refractivity contribution in [3.63, 3.8) is 0 Å². The van der Waals surface area contributed by atoms with Crippen LogP contribution < -0.4 is 4.74 Å². The largest absolute Gasteiger partial charge is 0.478 e. The Bertz CT molecular complexity index is 804. The van der Waals surface area contributed by atoms with Crippen LogP contribution in [0, 0.1) is 3.57 Å². The van der Waals surface area contributed by atoms with Gasteiger partial charge < -0.3 is 9.84 Å². The van der Waals surface area contributed by atoms with E-state index in [4.69, 9.17) is 9.84 Å². The third kappa shape index (κ3) is 3.70. The Hall–Kier alpha value is -1.68. The standard InChI is InChI=1S/C13H10INO5S/c1-21(18,19)11-3-2-6-15-12(11)20-10-7-8(13(16)17)4-5-9(10)14/h2-7H,1H3,(H,16,17). The van der Waals surface area contributed by atoms with Gasteiger partial charge in [-0.3, -0.25) is 0 Å². The summed E-state index contributed by atoms with van der Waals surface area (Å²) in [7, 11) is -3.50. The number of halogens is 1. The number of hydrogen-bond donors (Lipinski definition) is 1. The molecular weight excluding hydrogens is 409 g/mol. The van der Waals surface area contributed by atoms with Gasteiger partial charge in [0.15, 0.2) is 9.84 Å². The maximum atomic E-state index is 11.7. The summed E-state index contributed by atoms with van der Waals surface area (Å²) in [6.45, 7) is 0. The smallest absolute Gasteiger partial charge is 0.335 e. The molecule has 0 aliphatic rings. The van der Waals surface area contributed by atoms with Crippen LogP contribution >= 0.6 is 22.6 Å². The Kier molecular flexibility index (Phi) is 4.47. The van der Waals surface area contributed by atoms with Crippen molar-refractivity contribution < 1.29 is 23.1 Å². The van der Waals surface area contributed by atoms with Gasteiger partial charge in [0, 0.05) is 12.5 Å². The van der Waals surface area contributed by atoms with Gasteiger partial charge in [-0.25, -0.2) is 18.2 Å². The first-order chi connectivity index (χ1) is 9.79. The van der Waals surface area contributed by atoms with Crippen molar-refractivity contribution in [3.8, 4) is 11.6 Å². The second kappa shape index (κ2) is 5.98. The van der Waals surface area contributed by atoms with Crippen molar-refractivity contribution in [2.75, 3.05) is 6.26 Å². The van der Waals surface area contributed by atoms with Crippen LogP contribution in [0.1, 0.15) is 10.4 Å². The van der Waals surface area contributed by atoms with Gasteiger partial charge in [-0.2, -0.15) is 0 Å². The van der Waals surface area contributed by atoms with Gasteiger partial charge in [0.1, 0.15) is 10.6 Å². The molecule has 0 saturated carbocycles. The summed E-state index contributed by atoms with van der Waals surface area (Å²) in [5.74, 6) is -0.944. The molecular formula is C13H10INO5S. The normalized spacial score (nSPS) is 11.1. The fraction of sp³-hybridized carbons (Fsp3) is 0.0769. The minimum atomic E-state index is -3.50. The molecule has 1 N–H and O–H groups in total. The highest BCUT2D eigenvalue weighted by molar-refractivity contribution is 14.1. The zero-order valence-electron chi connectivity index (χ0n) is 10.8. The summed E-state index contributed by atoms with van der Waals surface area (Å²) < 4.78 is 29.5. The van der Waals surface area contributed by atoms with E-state index in [1.54, 1.807) is 6.07 Å². The van der Waals surface area contributed by atoms with Crippen molar-refractivity contribution in [3.05, 3.63) is 45.7 Å². The molecule has 1 aromatic heterocycles. The van der Waals surface area contributed by atoms with E-state index in [-0.39, 0.29) is 22.1 Å². The van der Waals surface area contributed by atoms with Crippen LogP contribution in [0.2, 0.25) is 0 Å². The zero-order chi connectivity index (χ0) is 15.6. The Morgan fingerprint density at radius 1 is 1.33 bits per heavy atom. The zero-order valence-corrected chi connectivity index (χ0v) is 13.8. The Balaban J connectivity index is 2.49. The molecule has 0 spiro atoms. The maximum Gasteiger partial charge on any atom is 0.335 e. The van der Waals surface area contributed by atoms with Gasteiger partial charge in [0.05, 0.1) is 9.13 Å². The van der Waals surface area contributed by atoms with E-state index in [0.717, 1.165) is 6.26 Å². The molecule has 0 amide bonds. The first kappa shape index (κ1) is 15.7. The molecule has 6 nitrogen and oxygen atoms in total. The van der Waals surface area contributed by atoms with Crippen molar-refractivity contribution in [2.24, 2.45) is 0 Å². The van der Waals surface area contributed by atoms with E-state index in [1.807, 2.05) is 22.6 Å². The molecule has 0 aliphatic carbocycles. The number of nitrogens with zero attached hydrogens (tertiary/aromatic N) is 1. The first-order valence-electron chi connectivity index (χ1n) is 5.65. The highest BCUT2D eigenvalue weighted by Crippen LogP contribution is 2.30. The molecule has 2 rings (SSSR count). The number of hydrogen-bond acceptors (Lipinski definition) is 5. The minimum absolute atomic E-state index is 0.0438. The molecule has 2 aromatic rings. The topological polar surface area (TPSA) is 93.6 Å². The quantitative estimate of drug-likeness (QED) is 0.766. The third-order valence-corrected chi connectivity index (χ3v) is 4.52. The third-order valence-electron chi connectivity index (χ3n) is 2.52. The first-order valence-corrected chi connectivity index (χ1v) is 8.62. The predicted octanol–water partition coefficient (Wildman–Crippen LogP) is 2.58. The molecule has 110 valence electrons. The van der Waals surface area contributed by atoms with Gasteiger partial charge in [0.25, 0.3) is 0 Å². The number of aromatic nitrogens is 1. The molecule has 8 heteroatoms. The van der Waals surface area contributed by atoms with Gasteiger partial charge >= 0.3 is 5.97 Å². The lowest BCUT2D eigenvalue weighted by Crippen LogP contribution is -2.03. The van der Waals surface area contributed by atoms with E-state index < -0.39 is 15.8 Å². The van der Waals surface area contributed by atoms with Crippen LogP contribution in [-0.2, 0) is 9.84 Å². The van der Waals surface area contributed by atoms with Crippen LogP contribution in [-0.4, -0.2) is 30.7 Å². The number of pyridine rings is 1. The van der Waals surface area contributed by atoms with Crippen molar-refractivity contribution in [1.29, 1.82) is 0 Å². The Morgan fingerprint density at radius 3 is 2.67 bits per heavy atom. The van der Waals surface area contributed by atoms with E-state index in [0.29, 0.717) is 3.57 Å². The number of carbonyl (C=O) groups is 1. The summed E-state index contributed by atoms with van der Waals surface area (Å²) in [6.07, 6.45) is 2.45. The molecule has 0 radical (unpaired) electrons. The van der Waals surface area contributed by atoms with Crippen LogP contribution in [0.15, 0.2) is 41.4 Å². The number of carboxylic acid groups (broad SMARTS) is 1. The molecule has 0 unspecified atom stereocenters. The van der Waals surface area contributed by atoms with Crippen molar-refractivity contribution >= 4 is 38.4 Å². The van der Waals surface area contributed by atoms with Crippen molar-refractivity contribution in [1.82, 2.24) is 4.98 Å². The highest BCUT2D eigenvalue weighted by atomic mass is 127. The molecule has 1 heterocycles. The summed E-state index contributed by atoms with van der Waals surface area (Å²) in [6, 6.07) is 7.20. The lowest BCUT2D eigenvalue weighted by atomic mass is 10.2. The number of rotatable bonds is 4. The maximum absolute atomic E-state index is 11.7. The minimum Gasteiger partial charge on any atom is -0.478 e. The van der Waals surface area contributed by atoms with E-state index in [9.17, 15) is 13.2 Å². The predicted molar refractivity (Wildman–Crippen MR) is 83.5 cm³/mol. The summed E-state index contributed by atoms with van der Waals surface area (Å²) in [5, 5.41) is 8.98. The number of aromatic carboxylic acids is 1. The molecule has 0 fully saturated rings. The average Bonchev–Trinajstić information content (AvgIpc) is 2.40. The van der Waals surface area contributed by atoms with Gasteiger partial charge in [-0.1, -0.05) is 0 Å². The molecule has 21 heavy (non-hydrogen) atoms. The van der Waals surface area contributed by atoms with Crippen LogP contribution in [0.4, 0.5) is 0 Å². The molecule has 0 bridgehead atoms. The van der Waals surface area contributed by atoms with Gasteiger partial charge in [-0.15, -0.1) is 0 Å². The van der Waals surface area contributed by atoms with Gasteiger partial charge in [-0.05, 0) is 52.9 Å². The van der Waals surface area contributed by atoms with Crippen LogP contribution in [0.25, 0.3) is 0 Å². The summed E-state index contributed by atoms with van der Waals surface area (Å²) >= 11 is 1.96. The summed E-state index contributed by atoms with van der Waals surface area (Å²) in [5.41, 5.74) is 0.0438. The number of ether oxygens (including phenoxy) is 1. The molecule has 0 saturated heterocycles. The molecule has 0 aliphatic heterocycles. The Labute approximate surface area is 134 Å². The second-order valence-corrected chi connectivity index (χ2v) is 7.28. The monoisotopic (exact) mass is 419 g/mol. The van der Waals surface area contributed by atoms with E-state index in [1.165, 1.54) is 30.5 Å². The number of carboxylic acids is 1. The van der Waals surface area contributed by atoms with Crippen LogP contribution in [0.3, 0.4) is 0 Å². The lowest BCUT2D eigenvalue weighted by molar-refractivity contribution is 0.0696. The lowest BCUT2D eigenvalue weighted by Gasteiger charge is -2.10.